The Morgan fingerprint density at radius 1 is 1.39 bits per heavy atom. The highest BCUT2D eigenvalue weighted by Crippen LogP contribution is 2.54. The second-order valence-corrected chi connectivity index (χ2v) is 7.27. The van der Waals surface area contributed by atoms with Crippen molar-refractivity contribution in [2.24, 2.45) is 10.9 Å². The van der Waals surface area contributed by atoms with Crippen molar-refractivity contribution in [3.63, 3.8) is 0 Å². The first-order chi connectivity index (χ1) is 11.2. The SMILES string of the molecule is CN=C(SC)N1[C@@H](c2cc(-c3cccc(Cl)c3)on2)C[C@H]2C[C@H]21. The normalized spacial score (nSPS) is 26.5. The van der Waals surface area contributed by atoms with Gasteiger partial charge in [-0.1, -0.05) is 40.7 Å². The summed E-state index contributed by atoms with van der Waals surface area (Å²) in [7, 11) is 1.86. The van der Waals surface area contributed by atoms with Gasteiger partial charge in [-0.15, -0.1) is 0 Å². The van der Waals surface area contributed by atoms with Gasteiger partial charge in [-0.25, -0.2) is 0 Å². The van der Waals surface area contributed by atoms with Crippen molar-refractivity contribution in [3.05, 3.63) is 41.0 Å². The molecule has 2 aliphatic rings. The van der Waals surface area contributed by atoms with Crippen molar-refractivity contribution >= 4 is 28.5 Å². The molecular weight excluding hydrogens is 330 g/mol. The Labute approximate surface area is 144 Å². The van der Waals surface area contributed by atoms with Crippen molar-refractivity contribution in [2.45, 2.75) is 24.9 Å². The van der Waals surface area contributed by atoms with Crippen molar-refractivity contribution < 1.29 is 4.52 Å². The first-order valence-electron chi connectivity index (χ1n) is 7.73. The number of nitrogens with zero attached hydrogens (tertiary/aromatic N) is 3. The van der Waals surface area contributed by atoms with Crippen LogP contribution in [0, 0.1) is 5.92 Å². The summed E-state index contributed by atoms with van der Waals surface area (Å²) in [5.41, 5.74) is 1.95. The van der Waals surface area contributed by atoms with Gasteiger partial charge in [-0.2, -0.15) is 0 Å². The minimum Gasteiger partial charge on any atom is -0.356 e. The molecule has 6 heteroatoms. The van der Waals surface area contributed by atoms with Gasteiger partial charge in [-0.3, -0.25) is 4.99 Å². The van der Waals surface area contributed by atoms with Crippen LogP contribution in [0.4, 0.5) is 0 Å². The van der Waals surface area contributed by atoms with Crippen LogP contribution in [0.5, 0.6) is 0 Å². The Hall–Kier alpha value is -1.46. The summed E-state index contributed by atoms with van der Waals surface area (Å²) in [5, 5.41) is 6.13. The Morgan fingerprint density at radius 2 is 2.26 bits per heavy atom. The number of benzene rings is 1. The molecule has 0 radical (unpaired) electrons. The molecule has 2 aromatic rings. The fourth-order valence-corrected chi connectivity index (χ4v) is 4.38. The minimum absolute atomic E-state index is 0.265. The Balaban J connectivity index is 1.64. The van der Waals surface area contributed by atoms with E-state index in [2.05, 4.69) is 21.3 Å². The van der Waals surface area contributed by atoms with Crippen LogP contribution in [0.2, 0.25) is 5.02 Å². The molecule has 120 valence electrons. The summed E-state index contributed by atoms with van der Waals surface area (Å²) in [6, 6.07) is 10.6. The summed E-state index contributed by atoms with van der Waals surface area (Å²) >= 11 is 7.77. The maximum absolute atomic E-state index is 6.07. The molecule has 0 spiro atoms. The first kappa shape index (κ1) is 15.1. The largest absolute Gasteiger partial charge is 0.356 e. The highest BCUT2D eigenvalue weighted by atomic mass is 35.5. The average Bonchev–Trinajstić information content (AvgIpc) is 2.99. The van der Waals surface area contributed by atoms with Crippen molar-refractivity contribution in [2.75, 3.05) is 13.3 Å². The maximum atomic E-state index is 6.07. The third kappa shape index (κ3) is 2.66. The van der Waals surface area contributed by atoms with E-state index >= 15 is 0 Å². The highest BCUT2D eigenvalue weighted by molar-refractivity contribution is 8.13. The predicted octanol–water partition coefficient (Wildman–Crippen LogP) is 4.48. The predicted molar refractivity (Wildman–Crippen MR) is 94.9 cm³/mol. The smallest absolute Gasteiger partial charge is 0.167 e. The summed E-state index contributed by atoms with van der Waals surface area (Å²) in [5.74, 6) is 1.54. The quantitative estimate of drug-likeness (QED) is 0.593. The monoisotopic (exact) mass is 347 g/mol. The van der Waals surface area contributed by atoms with E-state index in [9.17, 15) is 0 Å². The van der Waals surface area contributed by atoms with Crippen molar-refractivity contribution in [1.82, 2.24) is 10.1 Å². The number of rotatable bonds is 2. The number of thioether (sulfide) groups is 1. The molecule has 1 saturated carbocycles. The van der Waals surface area contributed by atoms with E-state index in [0.29, 0.717) is 11.1 Å². The second kappa shape index (κ2) is 5.87. The van der Waals surface area contributed by atoms with Gasteiger partial charge in [-0.05, 0) is 37.1 Å². The third-order valence-electron chi connectivity index (χ3n) is 4.68. The molecule has 4 rings (SSSR count). The van der Waals surface area contributed by atoms with E-state index in [-0.39, 0.29) is 6.04 Å². The number of fused-ring (bicyclic) bond motifs is 1. The lowest BCUT2D eigenvalue weighted by Gasteiger charge is -2.28. The number of aromatic nitrogens is 1. The Bertz CT molecular complexity index is 760. The van der Waals surface area contributed by atoms with Gasteiger partial charge < -0.3 is 9.42 Å². The molecule has 0 bridgehead atoms. The molecule has 4 nitrogen and oxygen atoms in total. The van der Waals surface area contributed by atoms with E-state index in [1.807, 2.05) is 37.4 Å². The molecule has 2 heterocycles. The lowest BCUT2D eigenvalue weighted by molar-refractivity contribution is 0.327. The number of piperidine rings is 1. The van der Waals surface area contributed by atoms with Crippen LogP contribution in [0.1, 0.15) is 24.6 Å². The lowest BCUT2D eigenvalue weighted by Crippen LogP contribution is -2.31. The molecule has 1 aliphatic carbocycles. The van der Waals surface area contributed by atoms with Crippen molar-refractivity contribution in [3.8, 4) is 11.3 Å². The van der Waals surface area contributed by atoms with E-state index in [4.69, 9.17) is 16.1 Å². The first-order valence-corrected chi connectivity index (χ1v) is 9.33. The van der Waals surface area contributed by atoms with Gasteiger partial charge in [0, 0.05) is 29.7 Å². The van der Waals surface area contributed by atoms with Crippen LogP contribution in [-0.2, 0) is 0 Å². The Kier molecular flexibility index (Phi) is 3.85. The van der Waals surface area contributed by atoms with Gasteiger partial charge in [0.2, 0.25) is 0 Å². The fourth-order valence-electron chi connectivity index (χ4n) is 3.53. The van der Waals surface area contributed by atoms with Crippen molar-refractivity contribution in [1.29, 1.82) is 0 Å². The molecule has 1 saturated heterocycles. The van der Waals surface area contributed by atoms with E-state index in [0.717, 1.165) is 34.5 Å². The summed E-state index contributed by atoms with van der Waals surface area (Å²) in [6.45, 7) is 0. The molecule has 23 heavy (non-hydrogen) atoms. The molecule has 0 unspecified atom stereocenters. The van der Waals surface area contributed by atoms with E-state index < -0.39 is 0 Å². The summed E-state index contributed by atoms with van der Waals surface area (Å²) < 4.78 is 5.58. The van der Waals surface area contributed by atoms with Crippen LogP contribution in [-0.4, -0.2) is 34.6 Å². The fraction of sp³-hybridized carbons (Fsp3) is 0.412. The zero-order valence-corrected chi connectivity index (χ0v) is 14.6. The number of hydrogen-bond donors (Lipinski definition) is 0. The Morgan fingerprint density at radius 3 is 3.00 bits per heavy atom. The van der Waals surface area contributed by atoms with Crippen LogP contribution in [0.3, 0.4) is 0 Å². The molecule has 0 N–H and O–H groups in total. The van der Waals surface area contributed by atoms with Gasteiger partial charge in [0.05, 0.1) is 6.04 Å². The highest BCUT2D eigenvalue weighted by Gasteiger charge is 2.54. The number of likely N-dealkylation sites (tertiary alicyclic amines) is 1. The van der Waals surface area contributed by atoms with Gasteiger partial charge in [0.25, 0.3) is 0 Å². The molecule has 1 aromatic carbocycles. The van der Waals surface area contributed by atoms with Gasteiger partial charge in [0.15, 0.2) is 10.9 Å². The van der Waals surface area contributed by atoms with Crippen LogP contribution in [0.15, 0.2) is 39.8 Å². The third-order valence-corrected chi connectivity index (χ3v) is 5.67. The standard InChI is InChI=1S/C17H18ClN3OS/c1-19-17(23-2)21-14-7-11(14)8-15(21)13-9-16(22-20-13)10-4-3-5-12(18)6-10/h3-6,9,11,14-15H,7-8H2,1-2H3/t11-,14-,15-/m1/s1. The van der Waals surface area contributed by atoms with Crippen LogP contribution < -0.4 is 0 Å². The zero-order valence-electron chi connectivity index (χ0n) is 13.1. The number of hydrogen-bond acceptors (Lipinski definition) is 4. The summed E-state index contributed by atoms with van der Waals surface area (Å²) in [4.78, 5) is 6.87. The summed E-state index contributed by atoms with van der Waals surface area (Å²) in [6.07, 6.45) is 4.48. The minimum atomic E-state index is 0.265. The van der Waals surface area contributed by atoms with Gasteiger partial charge in [0.1, 0.15) is 5.69 Å². The number of aliphatic imine (C=N–C) groups is 1. The van der Waals surface area contributed by atoms with E-state index in [1.165, 1.54) is 6.42 Å². The molecule has 3 atom stereocenters. The number of halogens is 1. The van der Waals surface area contributed by atoms with E-state index in [1.54, 1.807) is 11.8 Å². The molecule has 0 amide bonds. The zero-order chi connectivity index (χ0) is 16.0. The van der Waals surface area contributed by atoms with Gasteiger partial charge >= 0.3 is 0 Å². The molecular formula is C17H18ClN3OS. The number of amidine groups is 1. The maximum Gasteiger partial charge on any atom is 0.167 e. The molecule has 1 aromatic heterocycles. The van der Waals surface area contributed by atoms with Crippen LogP contribution >= 0.6 is 23.4 Å². The molecule has 2 fully saturated rings. The average molecular weight is 348 g/mol. The lowest BCUT2D eigenvalue weighted by atomic mass is 10.1. The molecule has 1 aliphatic heterocycles. The second-order valence-electron chi connectivity index (χ2n) is 6.06. The van der Waals surface area contributed by atoms with Crippen LogP contribution in [0.25, 0.3) is 11.3 Å². The topological polar surface area (TPSA) is 41.6 Å².